The standard InChI is InChI=1S/C12H16N2O4S/c1-4-16-9(3)12-13-11(18-14-12)7-19(15)10-5-6-17-8(10)2/h5-6,9H,4,7H2,1-3H3/t9-,19-/m1/s1. The molecule has 19 heavy (non-hydrogen) atoms. The van der Waals surface area contributed by atoms with E-state index in [1.165, 1.54) is 6.26 Å². The molecule has 2 atom stereocenters. The predicted molar refractivity (Wildman–Crippen MR) is 67.9 cm³/mol. The fourth-order valence-corrected chi connectivity index (χ4v) is 2.69. The van der Waals surface area contributed by atoms with Crippen molar-refractivity contribution in [3.05, 3.63) is 29.8 Å². The second kappa shape index (κ2) is 6.12. The molecule has 0 fully saturated rings. The molecular weight excluding hydrogens is 268 g/mol. The second-order valence-corrected chi connectivity index (χ2v) is 5.39. The second-order valence-electron chi connectivity index (χ2n) is 3.97. The van der Waals surface area contributed by atoms with Crippen LogP contribution in [0.3, 0.4) is 0 Å². The quantitative estimate of drug-likeness (QED) is 0.810. The maximum Gasteiger partial charge on any atom is 0.239 e. The average Bonchev–Trinajstić information content (AvgIpc) is 2.98. The van der Waals surface area contributed by atoms with Crippen LogP contribution in [0.2, 0.25) is 0 Å². The van der Waals surface area contributed by atoms with Crippen LogP contribution >= 0.6 is 0 Å². The minimum absolute atomic E-state index is 0.173. The van der Waals surface area contributed by atoms with Gasteiger partial charge in [-0.3, -0.25) is 4.21 Å². The van der Waals surface area contributed by atoms with E-state index >= 15 is 0 Å². The fraction of sp³-hybridized carbons (Fsp3) is 0.500. The summed E-state index contributed by atoms with van der Waals surface area (Å²) in [5, 5.41) is 3.82. The SMILES string of the molecule is CCO[C@H](C)c1noc(C[S@@](=O)c2ccoc2C)n1. The Hall–Kier alpha value is -1.47. The molecule has 0 aliphatic carbocycles. The largest absolute Gasteiger partial charge is 0.468 e. The Morgan fingerprint density at radius 2 is 2.32 bits per heavy atom. The van der Waals surface area contributed by atoms with Crippen LogP contribution in [0.5, 0.6) is 0 Å². The molecule has 0 unspecified atom stereocenters. The average molecular weight is 284 g/mol. The van der Waals surface area contributed by atoms with Gasteiger partial charge in [0.05, 0.1) is 22.0 Å². The highest BCUT2D eigenvalue weighted by Crippen LogP contribution is 2.18. The molecule has 0 bridgehead atoms. The molecule has 2 aromatic rings. The Kier molecular flexibility index (Phi) is 4.49. The fourth-order valence-electron chi connectivity index (χ4n) is 1.62. The van der Waals surface area contributed by atoms with Crippen molar-refractivity contribution in [2.45, 2.75) is 37.5 Å². The molecule has 0 aromatic carbocycles. The van der Waals surface area contributed by atoms with Gasteiger partial charge < -0.3 is 13.7 Å². The van der Waals surface area contributed by atoms with Gasteiger partial charge in [-0.05, 0) is 26.8 Å². The number of aromatic nitrogens is 2. The van der Waals surface area contributed by atoms with E-state index in [0.29, 0.717) is 29.0 Å². The van der Waals surface area contributed by atoms with Gasteiger partial charge in [0, 0.05) is 6.61 Å². The summed E-state index contributed by atoms with van der Waals surface area (Å²) in [5.74, 6) is 1.62. The first-order chi connectivity index (χ1) is 9.11. The number of aryl methyl sites for hydroxylation is 1. The molecule has 2 heterocycles. The van der Waals surface area contributed by atoms with Gasteiger partial charge in [-0.25, -0.2) is 0 Å². The Bertz CT molecular complexity index is 564. The molecule has 2 aromatic heterocycles. The molecule has 7 heteroatoms. The van der Waals surface area contributed by atoms with Gasteiger partial charge in [-0.15, -0.1) is 0 Å². The summed E-state index contributed by atoms with van der Waals surface area (Å²) in [4.78, 5) is 4.83. The Balaban J connectivity index is 2.04. The lowest BCUT2D eigenvalue weighted by Crippen LogP contribution is -2.02. The van der Waals surface area contributed by atoms with Gasteiger partial charge in [-0.1, -0.05) is 5.16 Å². The van der Waals surface area contributed by atoms with Crippen molar-refractivity contribution < 1.29 is 17.9 Å². The molecule has 6 nitrogen and oxygen atoms in total. The highest BCUT2D eigenvalue weighted by molar-refractivity contribution is 7.84. The molecule has 0 spiro atoms. The van der Waals surface area contributed by atoms with E-state index in [1.54, 1.807) is 13.0 Å². The zero-order chi connectivity index (χ0) is 13.8. The molecule has 0 saturated heterocycles. The summed E-state index contributed by atoms with van der Waals surface area (Å²) in [5.41, 5.74) is 0. The number of ether oxygens (including phenoxy) is 1. The topological polar surface area (TPSA) is 78.4 Å². The van der Waals surface area contributed by atoms with Crippen molar-refractivity contribution in [3.8, 4) is 0 Å². The monoisotopic (exact) mass is 284 g/mol. The molecule has 104 valence electrons. The lowest BCUT2D eigenvalue weighted by atomic mass is 10.4. The van der Waals surface area contributed by atoms with Crippen LogP contribution in [0, 0.1) is 6.92 Å². The number of nitrogens with zero attached hydrogens (tertiary/aromatic N) is 2. The van der Waals surface area contributed by atoms with Gasteiger partial charge >= 0.3 is 0 Å². The van der Waals surface area contributed by atoms with Crippen molar-refractivity contribution in [2.24, 2.45) is 0 Å². The maximum atomic E-state index is 12.1. The van der Waals surface area contributed by atoms with Gasteiger partial charge in [0.1, 0.15) is 17.6 Å². The van der Waals surface area contributed by atoms with E-state index in [2.05, 4.69) is 10.1 Å². The number of furan rings is 1. The smallest absolute Gasteiger partial charge is 0.239 e. The van der Waals surface area contributed by atoms with Gasteiger partial charge in [0.2, 0.25) is 5.89 Å². The number of hydrogen-bond acceptors (Lipinski definition) is 6. The molecule has 0 aliphatic heterocycles. The van der Waals surface area contributed by atoms with Crippen LogP contribution in [0.25, 0.3) is 0 Å². The summed E-state index contributed by atoms with van der Waals surface area (Å²) in [7, 11) is -1.25. The first kappa shape index (κ1) is 14.0. The van der Waals surface area contributed by atoms with Crippen LogP contribution in [-0.4, -0.2) is 21.0 Å². The molecule has 0 N–H and O–H groups in total. The van der Waals surface area contributed by atoms with Gasteiger partial charge in [-0.2, -0.15) is 4.98 Å². The minimum atomic E-state index is -1.25. The lowest BCUT2D eigenvalue weighted by molar-refractivity contribution is 0.0683. The maximum absolute atomic E-state index is 12.1. The number of rotatable bonds is 6. The van der Waals surface area contributed by atoms with E-state index in [1.807, 2.05) is 13.8 Å². The van der Waals surface area contributed by atoms with Crippen molar-refractivity contribution in [3.63, 3.8) is 0 Å². The predicted octanol–water partition coefficient (Wildman–Crippen LogP) is 2.38. The molecule has 0 radical (unpaired) electrons. The normalized spacial score (nSPS) is 14.5. The summed E-state index contributed by atoms with van der Waals surface area (Å²) < 4.78 is 27.6. The van der Waals surface area contributed by atoms with Crippen LogP contribution in [0.15, 0.2) is 26.2 Å². The Labute approximate surface area is 113 Å². The van der Waals surface area contributed by atoms with Crippen molar-refractivity contribution in [1.29, 1.82) is 0 Å². The molecule has 2 rings (SSSR count). The Morgan fingerprint density at radius 3 is 2.95 bits per heavy atom. The third-order valence-corrected chi connectivity index (χ3v) is 4.00. The third-order valence-electron chi connectivity index (χ3n) is 2.58. The van der Waals surface area contributed by atoms with Crippen molar-refractivity contribution in [2.75, 3.05) is 6.61 Å². The highest BCUT2D eigenvalue weighted by Gasteiger charge is 2.17. The van der Waals surface area contributed by atoms with E-state index < -0.39 is 10.8 Å². The Morgan fingerprint density at radius 1 is 1.53 bits per heavy atom. The zero-order valence-corrected chi connectivity index (χ0v) is 11.9. The van der Waals surface area contributed by atoms with E-state index in [-0.39, 0.29) is 11.9 Å². The van der Waals surface area contributed by atoms with Gasteiger partial charge in [0.25, 0.3) is 0 Å². The summed E-state index contributed by atoms with van der Waals surface area (Å²) >= 11 is 0. The molecule has 0 saturated carbocycles. The molecule has 0 aliphatic rings. The van der Waals surface area contributed by atoms with E-state index in [0.717, 1.165) is 0 Å². The lowest BCUT2D eigenvalue weighted by Gasteiger charge is -2.04. The van der Waals surface area contributed by atoms with E-state index in [4.69, 9.17) is 13.7 Å². The summed E-state index contributed by atoms with van der Waals surface area (Å²) in [6.45, 7) is 6.08. The van der Waals surface area contributed by atoms with Crippen molar-refractivity contribution >= 4 is 10.8 Å². The first-order valence-corrected chi connectivity index (χ1v) is 7.30. The van der Waals surface area contributed by atoms with Crippen LogP contribution < -0.4 is 0 Å². The van der Waals surface area contributed by atoms with Crippen LogP contribution in [-0.2, 0) is 21.3 Å². The zero-order valence-electron chi connectivity index (χ0n) is 11.1. The van der Waals surface area contributed by atoms with Crippen LogP contribution in [0.4, 0.5) is 0 Å². The minimum Gasteiger partial charge on any atom is -0.468 e. The molecule has 0 amide bonds. The molecular formula is C12H16N2O4S. The van der Waals surface area contributed by atoms with Crippen molar-refractivity contribution in [1.82, 2.24) is 10.1 Å². The summed E-state index contributed by atoms with van der Waals surface area (Å²) in [6, 6.07) is 1.69. The van der Waals surface area contributed by atoms with Crippen LogP contribution in [0.1, 0.15) is 37.4 Å². The number of hydrogen-bond donors (Lipinski definition) is 0. The van der Waals surface area contributed by atoms with E-state index in [9.17, 15) is 4.21 Å². The third kappa shape index (κ3) is 3.30. The summed E-state index contributed by atoms with van der Waals surface area (Å²) in [6.07, 6.45) is 1.28. The van der Waals surface area contributed by atoms with Gasteiger partial charge in [0.15, 0.2) is 5.82 Å². The highest BCUT2D eigenvalue weighted by atomic mass is 32.2. The first-order valence-electron chi connectivity index (χ1n) is 5.98.